The Labute approximate surface area is 107 Å². The molecule has 0 atom stereocenters. The molecule has 0 saturated carbocycles. The van der Waals surface area contributed by atoms with Crippen molar-refractivity contribution >= 4 is 42.9 Å². The number of hydrogen-bond acceptors (Lipinski definition) is 4. The van der Waals surface area contributed by atoms with Crippen molar-refractivity contribution < 1.29 is 5.11 Å². The summed E-state index contributed by atoms with van der Waals surface area (Å²) < 4.78 is 0. The van der Waals surface area contributed by atoms with Crippen LogP contribution >= 0.6 is 37.2 Å². The molecule has 0 aliphatic heterocycles. The Morgan fingerprint density at radius 2 is 1.53 bits per heavy atom. The average molecular weight is 277 g/mol. The first-order valence-corrected chi connectivity index (χ1v) is 3.69. The Morgan fingerprint density at radius 3 is 1.93 bits per heavy atom. The summed E-state index contributed by atoms with van der Waals surface area (Å²) in [5, 5.41) is 9.37. The first-order chi connectivity index (χ1) is 5.69. The maximum atomic E-state index is 9.37. The van der Waals surface area contributed by atoms with E-state index < -0.39 is 0 Å². The highest BCUT2D eigenvalue weighted by Gasteiger charge is 2.04. The lowest BCUT2D eigenvalue weighted by Gasteiger charge is -2.07. The topological polar surface area (TPSA) is 98.3 Å². The fraction of sp³-hybridized carbons (Fsp3) is 0.250. The van der Waals surface area contributed by atoms with E-state index in [1.54, 1.807) is 12.1 Å². The minimum Gasteiger partial charge on any atom is -0.505 e. The fourth-order valence-electron chi connectivity index (χ4n) is 1.06. The van der Waals surface area contributed by atoms with E-state index >= 15 is 0 Å². The summed E-state index contributed by atoms with van der Waals surface area (Å²) >= 11 is 0. The molecule has 0 heterocycles. The first kappa shape index (κ1) is 20.1. The van der Waals surface area contributed by atoms with Crippen molar-refractivity contribution in [1.29, 1.82) is 0 Å². The van der Waals surface area contributed by atoms with Crippen LogP contribution in [-0.4, -0.2) is 5.11 Å². The van der Waals surface area contributed by atoms with Crippen LogP contribution in [0.2, 0.25) is 0 Å². The molecule has 0 fully saturated rings. The van der Waals surface area contributed by atoms with Crippen LogP contribution in [0.3, 0.4) is 0 Å². The third-order valence-corrected chi connectivity index (χ3v) is 1.73. The summed E-state index contributed by atoms with van der Waals surface area (Å²) in [7, 11) is 0. The second kappa shape index (κ2) is 8.88. The van der Waals surface area contributed by atoms with Crippen molar-refractivity contribution in [3.8, 4) is 5.75 Å². The molecule has 1 rings (SSSR count). The molecule has 0 saturated heterocycles. The molecule has 7 N–H and O–H groups in total. The number of nitrogens with two attached hydrogens (primary N) is 3. The summed E-state index contributed by atoms with van der Waals surface area (Å²) in [6, 6.07) is 3.40. The van der Waals surface area contributed by atoms with Crippen LogP contribution in [0, 0.1) is 0 Å². The van der Waals surface area contributed by atoms with Gasteiger partial charge in [0.05, 0.1) is 5.69 Å². The van der Waals surface area contributed by atoms with Gasteiger partial charge in [-0.1, -0.05) is 0 Å². The zero-order valence-corrected chi connectivity index (χ0v) is 10.4. The van der Waals surface area contributed by atoms with E-state index in [1.807, 2.05) is 0 Å². The van der Waals surface area contributed by atoms with Gasteiger partial charge < -0.3 is 22.3 Å². The Kier molecular flexibility index (Phi) is 11.9. The molecule has 0 aliphatic carbocycles. The molecule has 0 radical (unpaired) electrons. The van der Waals surface area contributed by atoms with E-state index in [0.717, 1.165) is 5.56 Å². The van der Waals surface area contributed by atoms with E-state index in [2.05, 4.69) is 0 Å². The van der Waals surface area contributed by atoms with Crippen LogP contribution in [0.1, 0.15) is 11.1 Å². The van der Waals surface area contributed by atoms with E-state index in [-0.39, 0.29) is 49.5 Å². The summed E-state index contributed by atoms with van der Waals surface area (Å²) in [6.45, 7) is 0.668. The van der Waals surface area contributed by atoms with E-state index in [0.29, 0.717) is 17.8 Å². The minimum absolute atomic E-state index is 0. The van der Waals surface area contributed by atoms with Crippen molar-refractivity contribution in [1.82, 2.24) is 0 Å². The zero-order valence-electron chi connectivity index (χ0n) is 7.97. The summed E-state index contributed by atoms with van der Waals surface area (Å²) in [6.07, 6.45) is 0. The highest BCUT2D eigenvalue weighted by molar-refractivity contribution is 5.86. The number of aromatic hydroxyl groups is 1. The van der Waals surface area contributed by atoms with E-state index in [4.69, 9.17) is 17.2 Å². The average Bonchev–Trinajstić information content (AvgIpc) is 2.09. The van der Waals surface area contributed by atoms with Gasteiger partial charge in [0.2, 0.25) is 0 Å². The number of phenols is 1. The van der Waals surface area contributed by atoms with Crippen molar-refractivity contribution in [3.63, 3.8) is 0 Å². The third kappa shape index (κ3) is 4.77. The van der Waals surface area contributed by atoms with Gasteiger partial charge in [0.15, 0.2) is 0 Å². The molecule has 1 aromatic carbocycles. The van der Waals surface area contributed by atoms with Gasteiger partial charge in [-0.05, 0) is 17.7 Å². The lowest BCUT2D eigenvalue weighted by atomic mass is 10.1. The SMILES string of the molecule is Cl.Cl.Cl.NCc1cc(N)c(O)c(CN)c1. The van der Waals surface area contributed by atoms with Crippen LogP contribution in [0.5, 0.6) is 5.75 Å². The molecule has 0 bridgehead atoms. The molecule has 4 nitrogen and oxygen atoms in total. The van der Waals surface area contributed by atoms with Crippen molar-refractivity contribution in [2.45, 2.75) is 13.1 Å². The van der Waals surface area contributed by atoms with Gasteiger partial charge in [0.25, 0.3) is 0 Å². The molecule has 1 aromatic rings. The Hall–Kier alpha value is -0.390. The number of rotatable bonds is 2. The van der Waals surface area contributed by atoms with Crippen LogP contribution < -0.4 is 17.2 Å². The van der Waals surface area contributed by atoms with Gasteiger partial charge in [-0.3, -0.25) is 0 Å². The minimum atomic E-state index is 0. The number of hydrogen-bond donors (Lipinski definition) is 4. The number of phenolic OH excluding ortho intramolecular Hbond substituents is 1. The van der Waals surface area contributed by atoms with Crippen molar-refractivity contribution in [2.24, 2.45) is 11.5 Å². The summed E-state index contributed by atoms with van der Waals surface area (Å²) in [5.41, 5.74) is 18.2. The lowest BCUT2D eigenvalue weighted by Crippen LogP contribution is -2.03. The number of nitrogen functional groups attached to an aromatic ring is 1. The molecule has 90 valence electrons. The fourth-order valence-corrected chi connectivity index (χ4v) is 1.06. The van der Waals surface area contributed by atoms with Crippen LogP contribution in [0.4, 0.5) is 5.69 Å². The van der Waals surface area contributed by atoms with Crippen LogP contribution in [-0.2, 0) is 13.1 Å². The molecular formula is C8H16Cl3N3O. The predicted octanol–water partition coefficient (Wildman–Crippen LogP) is 1.16. The first-order valence-electron chi connectivity index (χ1n) is 3.69. The van der Waals surface area contributed by atoms with Gasteiger partial charge >= 0.3 is 0 Å². The Morgan fingerprint density at radius 1 is 1.00 bits per heavy atom. The van der Waals surface area contributed by atoms with E-state index in [1.165, 1.54) is 0 Å². The molecule has 0 unspecified atom stereocenters. The summed E-state index contributed by atoms with van der Waals surface area (Å²) in [5.74, 6) is 0.0645. The normalized spacial score (nSPS) is 8.13. The van der Waals surface area contributed by atoms with Gasteiger partial charge in [-0.15, -0.1) is 37.2 Å². The highest BCUT2D eigenvalue weighted by Crippen LogP contribution is 2.26. The highest BCUT2D eigenvalue weighted by atomic mass is 35.5. The quantitative estimate of drug-likeness (QED) is 0.481. The second-order valence-corrected chi connectivity index (χ2v) is 2.60. The van der Waals surface area contributed by atoms with Crippen LogP contribution in [0.15, 0.2) is 12.1 Å². The molecule has 15 heavy (non-hydrogen) atoms. The maximum absolute atomic E-state index is 9.37. The number of anilines is 1. The van der Waals surface area contributed by atoms with Gasteiger partial charge in [-0.2, -0.15) is 0 Å². The number of benzene rings is 1. The molecule has 7 heteroatoms. The molecule has 0 aromatic heterocycles. The standard InChI is InChI=1S/C8H13N3O.3ClH/c9-3-5-1-6(4-10)8(12)7(11)2-5;;;/h1-2,12H,3-4,9-11H2;3*1H. The molecular weight excluding hydrogens is 260 g/mol. The Balaban J connectivity index is -0.000000480. The van der Waals surface area contributed by atoms with Gasteiger partial charge in [-0.25, -0.2) is 0 Å². The molecule has 0 aliphatic rings. The third-order valence-electron chi connectivity index (χ3n) is 1.73. The van der Waals surface area contributed by atoms with Gasteiger partial charge in [0.1, 0.15) is 5.75 Å². The smallest absolute Gasteiger partial charge is 0.142 e. The lowest BCUT2D eigenvalue weighted by molar-refractivity contribution is 0.471. The monoisotopic (exact) mass is 275 g/mol. The van der Waals surface area contributed by atoms with E-state index in [9.17, 15) is 5.11 Å². The van der Waals surface area contributed by atoms with Crippen LogP contribution in [0.25, 0.3) is 0 Å². The molecule has 0 amide bonds. The van der Waals surface area contributed by atoms with Crippen molar-refractivity contribution in [3.05, 3.63) is 23.3 Å². The largest absolute Gasteiger partial charge is 0.505 e. The van der Waals surface area contributed by atoms with Gasteiger partial charge in [0, 0.05) is 18.7 Å². The second-order valence-electron chi connectivity index (χ2n) is 2.60. The van der Waals surface area contributed by atoms with Crippen molar-refractivity contribution in [2.75, 3.05) is 5.73 Å². The zero-order chi connectivity index (χ0) is 9.14. The molecule has 0 spiro atoms. The summed E-state index contributed by atoms with van der Waals surface area (Å²) in [4.78, 5) is 0. The predicted molar refractivity (Wildman–Crippen MR) is 70.0 cm³/mol. The maximum Gasteiger partial charge on any atom is 0.142 e. The number of halogens is 3. The Bertz CT molecular complexity index is 297.